The van der Waals surface area contributed by atoms with Crippen LogP contribution in [0.1, 0.15) is 11.1 Å². The Morgan fingerprint density at radius 3 is 1.29 bits per heavy atom. The number of ether oxygens (including phenoxy) is 2. The Bertz CT molecular complexity index is 1140. The van der Waals surface area contributed by atoms with Crippen LogP contribution in [-0.2, 0) is 57.9 Å². The van der Waals surface area contributed by atoms with Gasteiger partial charge < -0.3 is 46.2 Å². The minimum atomic E-state index is 0. The zero-order valence-corrected chi connectivity index (χ0v) is 24.9. The summed E-state index contributed by atoms with van der Waals surface area (Å²) in [5, 5.41) is 0.957. The molecule has 0 aliphatic heterocycles. The molecule has 4 nitrogen and oxygen atoms in total. The quantitative estimate of drug-likeness (QED) is 0.145. The Hall–Kier alpha value is -2.28. The molecule has 0 saturated carbocycles. The summed E-state index contributed by atoms with van der Waals surface area (Å²) in [5.41, 5.74) is 14.5. The maximum atomic E-state index is 6.02. The van der Waals surface area contributed by atoms with Crippen LogP contribution in [0.2, 0.25) is 10.0 Å². The van der Waals surface area contributed by atoms with Gasteiger partial charge in [-0.15, -0.1) is 9.79 Å². The maximum absolute atomic E-state index is 6.02. The molecular formula is C26H22Cl2N2O2S2Zn. The Morgan fingerprint density at radius 2 is 0.943 bits per heavy atom. The van der Waals surface area contributed by atoms with Crippen molar-refractivity contribution in [1.82, 2.24) is 0 Å². The van der Waals surface area contributed by atoms with Crippen molar-refractivity contribution in [3.05, 3.63) is 106 Å². The third-order valence-corrected chi connectivity index (χ3v) is 5.90. The fraction of sp³-hybridized carbons (Fsp3) is 0.0769. The van der Waals surface area contributed by atoms with Crippen molar-refractivity contribution in [3.63, 3.8) is 0 Å². The molecule has 0 aliphatic rings. The molecule has 176 valence electrons. The topological polar surface area (TPSA) is 70.5 Å². The molecule has 0 saturated heterocycles. The molecule has 35 heavy (non-hydrogen) atoms. The van der Waals surface area contributed by atoms with E-state index in [0.29, 0.717) is 55.9 Å². The van der Waals surface area contributed by atoms with Crippen LogP contribution in [-0.4, -0.2) is 0 Å². The third kappa shape index (κ3) is 9.03. The van der Waals surface area contributed by atoms with Crippen LogP contribution in [0.3, 0.4) is 0 Å². The summed E-state index contributed by atoms with van der Waals surface area (Å²) in [6.45, 7) is 0.915. The molecule has 9 heteroatoms. The Balaban J connectivity index is 0.000000240. The van der Waals surface area contributed by atoms with E-state index in [1.54, 1.807) is 24.3 Å². The monoisotopic (exact) mass is 592 g/mol. The molecule has 0 aliphatic carbocycles. The largest absolute Gasteiger partial charge is 2.00 e. The summed E-state index contributed by atoms with van der Waals surface area (Å²) in [6, 6.07) is 26.3. The number of nitrogens with two attached hydrogens (primary N) is 2. The molecule has 4 N–H and O–H groups in total. The van der Waals surface area contributed by atoms with E-state index in [-0.39, 0.29) is 19.5 Å². The summed E-state index contributed by atoms with van der Waals surface area (Å²) in [6.07, 6.45) is 0. The minimum absolute atomic E-state index is 0. The van der Waals surface area contributed by atoms with Gasteiger partial charge in [0.15, 0.2) is 0 Å². The predicted molar refractivity (Wildman–Crippen MR) is 145 cm³/mol. The van der Waals surface area contributed by atoms with Crippen LogP contribution in [0, 0.1) is 0 Å². The van der Waals surface area contributed by atoms with Gasteiger partial charge in [0.25, 0.3) is 0 Å². The van der Waals surface area contributed by atoms with Crippen molar-refractivity contribution >= 4 is 59.8 Å². The van der Waals surface area contributed by atoms with Crippen LogP contribution in [0.15, 0.2) is 94.7 Å². The van der Waals surface area contributed by atoms with Gasteiger partial charge in [-0.25, -0.2) is 0 Å². The van der Waals surface area contributed by atoms with Crippen LogP contribution in [0.25, 0.3) is 0 Å². The first-order chi connectivity index (χ1) is 16.3. The maximum Gasteiger partial charge on any atom is 2.00 e. The van der Waals surface area contributed by atoms with Gasteiger partial charge in [-0.3, -0.25) is 0 Å². The molecular weight excluding hydrogens is 573 g/mol. The molecule has 0 aromatic heterocycles. The number of benzene rings is 4. The third-order valence-electron chi connectivity index (χ3n) is 4.60. The number of hydrogen-bond acceptors (Lipinski definition) is 6. The summed E-state index contributed by atoms with van der Waals surface area (Å²) in [4.78, 5) is 1.11. The molecule has 0 radical (unpaired) electrons. The van der Waals surface area contributed by atoms with Crippen molar-refractivity contribution in [1.29, 1.82) is 0 Å². The number of halogens is 2. The first-order valence-corrected chi connectivity index (χ1v) is 11.8. The smallest absolute Gasteiger partial charge is 0.778 e. The van der Waals surface area contributed by atoms with E-state index in [9.17, 15) is 0 Å². The summed E-state index contributed by atoms with van der Waals surface area (Å²) < 4.78 is 11.2. The van der Waals surface area contributed by atoms with Crippen LogP contribution >= 0.6 is 23.2 Å². The fourth-order valence-corrected chi connectivity index (χ4v) is 3.58. The predicted octanol–water partition coefficient (Wildman–Crippen LogP) is 6.81. The summed E-state index contributed by atoms with van der Waals surface area (Å²) in [7, 11) is 0. The Kier molecular flexibility index (Phi) is 11.9. The molecule has 4 aromatic carbocycles. The Labute approximate surface area is 239 Å². The standard InChI is InChI=1S/2C13H12ClNOS.Zn/c2*14-10-6-11(15)13(17)7-12(10)16-8-9-4-2-1-3-5-9;/h2*1-7,17H,8,15H2;/q;;+2/p-2. The summed E-state index contributed by atoms with van der Waals surface area (Å²) >= 11 is 22.2. The number of rotatable bonds is 6. The van der Waals surface area contributed by atoms with Crippen LogP contribution in [0.5, 0.6) is 11.5 Å². The molecule has 0 bridgehead atoms. The van der Waals surface area contributed by atoms with Crippen molar-refractivity contribution in [3.8, 4) is 11.5 Å². The second-order valence-electron chi connectivity index (χ2n) is 7.19. The molecule has 0 atom stereocenters. The molecule has 0 amide bonds. The summed E-state index contributed by atoms with van der Waals surface area (Å²) in [5.74, 6) is 1.13. The average molecular weight is 595 g/mol. The van der Waals surface area contributed by atoms with Crippen molar-refractivity contribution < 1.29 is 29.0 Å². The van der Waals surface area contributed by atoms with E-state index in [1.165, 1.54) is 0 Å². The van der Waals surface area contributed by atoms with Gasteiger partial charge in [0, 0.05) is 11.4 Å². The number of anilines is 2. The molecule has 0 heterocycles. The van der Waals surface area contributed by atoms with Crippen molar-refractivity contribution in [2.75, 3.05) is 11.5 Å². The van der Waals surface area contributed by atoms with E-state index in [4.69, 9.17) is 69.4 Å². The van der Waals surface area contributed by atoms with Gasteiger partial charge in [-0.1, -0.05) is 83.9 Å². The normalized spacial score (nSPS) is 9.89. The van der Waals surface area contributed by atoms with E-state index >= 15 is 0 Å². The average Bonchev–Trinajstić information content (AvgIpc) is 2.84. The van der Waals surface area contributed by atoms with Crippen LogP contribution < -0.4 is 20.9 Å². The van der Waals surface area contributed by atoms with Crippen molar-refractivity contribution in [2.45, 2.75) is 23.0 Å². The van der Waals surface area contributed by atoms with Gasteiger partial charge in [-0.05, 0) is 35.4 Å². The molecule has 0 spiro atoms. The van der Waals surface area contributed by atoms with Crippen molar-refractivity contribution in [2.24, 2.45) is 0 Å². The van der Waals surface area contributed by atoms with Gasteiger partial charge >= 0.3 is 19.5 Å². The second kappa shape index (κ2) is 14.3. The van der Waals surface area contributed by atoms with Gasteiger partial charge in [0.2, 0.25) is 0 Å². The molecule has 4 rings (SSSR count). The van der Waals surface area contributed by atoms with Gasteiger partial charge in [0.05, 0.1) is 10.0 Å². The number of hydrogen-bond donors (Lipinski definition) is 2. The zero-order chi connectivity index (χ0) is 24.5. The van der Waals surface area contributed by atoms with Gasteiger partial charge in [-0.2, -0.15) is 0 Å². The molecule has 0 fully saturated rings. The van der Waals surface area contributed by atoms with E-state index in [0.717, 1.165) is 11.1 Å². The first-order valence-electron chi connectivity index (χ1n) is 10.2. The van der Waals surface area contributed by atoms with E-state index in [1.807, 2.05) is 60.7 Å². The SMILES string of the molecule is Nc1cc(Cl)c(OCc2ccccc2)cc1[S-].Nc1cc(Cl)c(OCc2ccccc2)cc1[S-].[Zn+2]. The van der Waals surface area contributed by atoms with Crippen LogP contribution in [0.4, 0.5) is 11.4 Å². The zero-order valence-electron chi connectivity index (χ0n) is 18.7. The number of nitrogen functional groups attached to an aromatic ring is 2. The van der Waals surface area contributed by atoms with E-state index in [2.05, 4.69) is 0 Å². The fourth-order valence-electron chi connectivity index (χ4n) is 2.79. The minimum Gasteiger partial charge on any atom is -0.778 e. The molecule has 0 unspecified atom stereocenters. The van der Waals surface area contributed by atoms with Gasteiger partial charge in [0.1, 0.15) is 24.7 Å². The first kappa shape index (κ1) is 29.0. The molecule has 4 aromatic rings. The van der Waals surface area contributed by atoms with E-state index < -0.39 is 0 Å². The second-order valence-corrected chi connectivity index (χ2v) is 8.88. The Morgan fingerprint density at radius 1 is 0.600 bits per heavy atom.